The van der Waals surface area contributed by atoms with Crippen LogP contribution in [0.2, 0.25) is 0 Å². The molecule has 4 rings (SSSR count). The minimum atomic E-state index is -0.584. The second-order valence-corrected chi connectivity index (χ2v) is 7.26. The predicted molar refractivity (Wildman–Crippen MR) is 93.6 cm³/mol. The van der Waals surface area contributed by atoms with E-state index >= 15 is 0 Å². The molecule has 0 bridgehead atoms. The van der Waals surface area contributed by atoms with Gasteiger partial charge in [0.25, 0.3) is 5.91 Å². The first-order valence-electron chi connectivity index (χ1n) is 9.20. The number of ether oxygens (including phenoxy) is 1. The van der Waals surface area contributed by atoms with Crippen LogP contribution in [0.4, 0.5) is 0 Å². The number of benzene rings is 1. The molecular formula is C19H23N3O4. The van der Waals surface area contributed by atoms with Crippen LogP contribution in [0.3, 0.4) is 0 Å². The van der Waals surface area contributed by atoms with Gasteiger partial charge in [0.2, 0.25) is 11.8 Å². The van der Waals surface area contributed by atoms with Crippen molar-refractivity contribution < 1.29 is 19.1 Å². The number of hydrogen-bond donors (Lipinski definition) is 2. The summed E-state index contributed by atoms with van der Waals surface area (Å²) in [5, 5.41) is 5.73. The molecule has 1 aromatic carbocycles. The first-order valence-corrected chi connectivity index (χ1v) is 9.20. The zero-order valence-electron chi connectivity index (χ0n) is 14.8. The third-order valence-corrected chi connectivity index (χ3v) is 5.47. The first-order chi connectivity index (χ1) is 12.5. The minimum absolute atomic E-state index is 0.116. The van der Waals surface area contributed by atoms with Crippen molar-refractivity contribution in [1.29, 1.82) is 0 Å². The Balaban J connectivity index is 1.49. The quantitative estimate of drug-likeness (QED) is 0.787. The molecule has 0 spiro atoms. The maximum absolute atomic E-state index is 12.7. The van der Waals surface area contributed by atoms with Gasteiger partial charge in [-0.05, 0) is 56.5 Å². The molecule has 1 aromatic rings. The summed E-state index contributed by atoms with van der Waals surface area (Å²) in [6.07, 6.45) is 2.84. The first kappa shape index (κ1) is 17.0. The van der Waals surface area contributed by atoms with E-state index in [4.69, 9.17) is 4.74 Å². The summed E-state index contributed by atoms with van der Waals surface area (Å²) in [6, 6.07) is 5.21. The van der Waals surface area contributed by atoms with Crippen LogP contribution < -0.4 is 15.4 Å². The predicted octanol–water partition coefficient (Wildman–Crippen LogP) is 0.967. The van der Waals surface area contributed by atoms with Crippen molar-refractivity contribution in [3.63, 3.8) is 0 Å². The summed E-state index contributed by atoms with van der Waals surface area (Å²) in [5.74, 6) is -0.0711. The Labute approximate surface area is 152 Å². The minimum Gasteiger partial charge on any atom is -0.489 e. The van der Waals surface area contributed by atoms with Crippen molar-refractivity contribution in [3.8, 4) is 5.75 Å². The molecule has 3 heterocycles. The average molecular weight is 357 g/mol. The molecule has 2 saturated heterocycles. The molecule has 7 heteroatoms. The van der Waals surface area contributed by atoms with Crippen molar-refractivity contribution in [3.05, 3.63) is 29.3 Å². The number of rotatable bonds is 3. The van der Waals surface area contributed by atoms with Gasteiger partial charge in [-0.1, -0.05) is 0 Å². The molecule has 2 fully saturated rings. The lowest BCUT2D eigenvalue weighted by molar-refractivity contribution is -0.136. The smallest absolute Gasteiger partial charge is 0.255 e. The third kappa shape index (κ3) is 3.07. The van der Waals surface area contributed by atoms with E-state index < -0.39 is 6.04 Å². The van der Waals surface area contributed by atoms with Crippen LogP contribution in [0.25, 0.3) is 0 Å². The molecule has 3 amide bonds. The summed E-state index contributed by atoms with van der Waals surface area (Å²) < 4.78 is 6.13. The molecule has 0 saturated carbocycles. The molecule has 3 atom stereocenters. The van der Waals surface area contributed by atoms with Crippen molar-refractivity contribution in [2.24, 2.45) is 0 Å². The van der Waals surface area contributed by atoms with E-state index in [9.17, 15) is 14.4 Å². The van der Waals surface area contributed by atoms with Crippen LogP contribution >= 0.6 is 0 Å². The zero-order chi connectivity index (χ0) is 18.3. The molecule has 1 unspecified atom stereocenters. The molecule has 26 heavy (non-hydrogen) atoms. The van der Waals surface area contributed by atoms with Gasteiger partial charge in [-0.3, -0.25) is 19.7 Å². The van der Waals surface area contributed by atoms with Gasteiger partial charge in [0.15, 0.2) is 0 Å². The van der Waals surface area contributed by atoms with Gasteiger partial charge in [-0.2, -0.15) is 0 Å². The Kier molecular flexibility index (Phi) is 4.40. The fourth-order valence-corrected chi connectivity index (χ4v) is 3.97. The van der Waals surface area contributed by atoms with Crippen molar-refractivity contribution in [1.82, 2.24) is 15.5 Å². The van der Waals surface area contributed by atoms with E-state index in [0.29, 0.717) is 24.6 Å². The average Bonchev–Trinajstić information content (AvgIpc) is 2.93. The van der Waals surface area contributed by atoms with Crippen LogP contribution in [0.15, 0.2) is 18.2 Å². The van der Waals surface area contributed by atoms with Gasteiger partial charge >= 0.3 is 0 Å². The van der Waals surface area contributed by atoms with Gasteiger partial charge in [0.05, 0.1) is 0 Å². The van der Waals surface area contributed by atoms with E-state index in [0.717, 1.165) is 30.7 Å². The second kappa shape index (κ2) is 6.72. The van der Waals surface area contributed by atoms with E-state index in [-0.39, 0.29) is 30.2 Å². The van der Waals surface area contributed by atoms with E-state index in [2.05, 4.69) is 17.6 Å². The lowest BCUT2D eigenvalue weighted by atomic mass is 10.0. The Hall–Kier alpha value is -2.41. The second-order valence-electron chi connectivity index (χ2n) is 7.26. The van der Waals surface area contributed by atoms with Gasteiger partial charge in [-0.15, -0.1) is 0 Å². The summed E-state index contributed by atoms with van der Waals surface area (Å²) in [5.41, 5.74) is 1.48. The van der Waals surface area contributed by atoms with Crippen LogP contribution in [-0.2, 0) is 16.1 Å². The lowest BCUT2D eigenvalue weighted by Crippen LogP contribution is -2.52. The molecule has 0 aromatic heterocycles. The topological polar surface area (TPSA) is 87.7 Å². The number of nitrogens with zero attached hydrogens (tertiary/aromatic N) is 1. The molecule has 138 valence electrons. The number of hydrogen-bond acceptors (Lipinski definition) is 5. The highest BCUT2D eigenvalue weighted by molar-refractivity contribution is 6.05. The van der Waals surface area contributed by atoms with Crippen molar-refractivity contribution >= 4 is 17.7 Å². The lowest BCUT2D eigenvalue weighted by Gasteiger charge is -2.30. The van der Waals surface area contributed by atoms with Gasteiger partial charge < -0.3 is 15.0 Å². The number of carbonyl (C=O) groups excluding carboxylic acids is 3. The summed E-state index contributed by atoms with van der Waals surface area (Å²) in [4.78, 5) is 37.7. The number of amides is 3. The third-order valence-electron chi connectivity index (χ3n) is 5.47. The zero-order valence-corrected chi connectivity index (χ0v) is 14.8. The number of carbonyl (C=O) groups is 3. The summed E-state index contributed by atoms with van der Waals surface area (Å²) in [6.45, 7) is 3.50. The highest BCUT2D eigenvalue weighted by Crippen LogP contribution is 2.31. The highest BCUT2D eigenvalue weighted by atomic mass is 16.5. The molecule has 7 nitrogen and oxygen atoms in total. The number of imide groups is 1. The Morgan fingerprint density at radius 2 is 2.04 bits per heavy atom. The standard InChI is InChI=1S/C19H23N3O4/c1-11-16(3-2-8-20-11)26-13-4-5-14-12(9-13)10-22(19(14)25)15-6-7-17(23)21-18(15)24/h4-5,9,11,15-16,20H,2-3,6-8,10H2,1H3,(H,21,23,24)/t11-,15?,16-/m1/s1. The number of fused-ring (bicyclic) bond motifs is 1. The fourth-order valence-electron chi connectivity index (χ4n) is 3.97. The number of nitrogens with one attached hydrogen (secondary N) is 2. The molecule has 3 aliphatic heterocycles. The normalized spacial score (nSPS) is 28.7. The Bertz CT molecular complexity index is 763. The summed E-state index contributed by atoms with van der Waals surface area (Å²) >= 11 is 0. The van der Waals surface area contributed by atoms with E-state index in [1.54, 1.807) is 11.0 Å². The SMILES string of the molecule is C[C@H]1NCCC[C@H]1Oc1ccc2c(c1)CN(C1CCC(=O)NC1=O)C2=O. The monoisotopic (exact) mass is 357 g/mol. The van der Waals surface area contributed by atoms with Crippen LogP contribution in [0.5, 0.6) is 5.75 Å². The molecule has 0 aliphatic carbocycles. The van der Waals surface area contributed by atoms with Crippen LogP contribution in [0, 0.1) is 0 Å². The summed E-state index contributed by atoms with van der Waals surface area (Å²) in [7, 11) is 0. The molecule has 3 aliphatic rings. The Morgan fingerprint density at radius 1 is 1.19 bits per heavy atom. The molecule has 0 radical (unpaired) electrons. The van der Waals surface area contributed by atoms with Crippen molar-refractivity contribution in [2.75, 3.05) is 6.54 Å². The van der Waals surface area contributed by atoms with Gasteiger partial charge in [0, 0.05) is 24.6 Å². The van der Waals surface area contributed by atoms with Crippen LogP contribution in [0.1, 0.15) is 48.5 Å². The van der Waals surface area contributed by atoms with Crippen molar-refractivity contribution in [2.45, 2.75) is 57.3 Å². The number of piperidine rings is 2. The highest BCUT2D eigenvalue weighted by Gasteiger charge is 2.39. The maximum Gasteiger partial charge on any atom is 0.255 e. The largest absolute Gasteiger partial charge is 0.489 e. The molecule has 2 N–H and O–H groups in total. The van der Waals surface area contributed by atoms with Crippen LogP contribution in [-0.4, -0.2) is 47.4 Å². The maximum atomic E-state index is 12.7. The molecular weight excluding hydrogens is 334 g/mol. The van der Waals surface area contributed by atoms with E-state index in [1.807, 2.05) is 12.1 Å². The van der Waals surface area contributed by atoms with Gasteiger partial charge in [-0.25, -0.2) is 0 Å². The Morgan fingerprint density at radius 3 is 2.81 bits per heavy atom. The van der Waals surface area contributed by atoms with Gasteiger partial charge in [0.1, 0.15) is 17.9 Å². The fraction of sp³-hybridized carbons (Fsp3) is 0.526. The van der Waals surface area contributed by atoms with E-state index in [1.165, 1.54) is 0 Å².